The molecule has 1 N–H and O–H groups in total. The fraction of sp³-hybridized carbons (Fsp3) is 0.235. The van der Waals surface area contributed by atoms with E-state index in [2.05, 4.69) is 21.2 Å². The number of benzene rings is 2. The number of rotatable bonds is 3. The van der Waals surface area contributed by atoms with E-state index in [1.807, 2.05) is 25.1 Å². The van der Waals surface area contributed by atoms with Gasteiger partial charge in [-0.1, -0.05) is 22.0 Å². The van der Waals surface area contributed by atoms with Crippen LogP contribution >= 0.6 is 15.9 Å². The number of hydrogen-bond acceptors (Lipinski definition) is 3. The first-order valence-electron chi connectivity index (χ1n) is 6.88. The van der Waals surface area contributed by atoms with E-state index in [9.17, 15) is 9.18 Å². The Morgan fingerprint density at radius 3 is 2.73 bits per heavy atom. The van der Waals surface area contributed by atoms with Crippen LogP contribution in [0.15, 0.2) is 40.9 Å². The minimum atomic E-state index is -0.784. The van der Waals surface area contributed by atoms with E-state index in [1.54, 1.807) is 13.2 Å². The SMILES string of the molecule is COc1ccc(CC2(C)Nc3ccc(F)cc3C2=O)c(Br)c1. The molecule has 0 radical (unpaired) electrons. The van der Waals surface area contributed by atoms with Crippen molar-refractivity contribution in [2.75, 3.05) is 12.4 Å². The molecule has 1 aliphatic rings. The zero-order valence-corrected chi connectivity index (χ0v) is 13.8. The highest BCUT2D eigenvalue weighted by Gasteiger charge is 2.41. The molecule has 22 heavy (non-hydrogen) atoms. The zero-order valence-electron chi connectivity index (χ0n) is 12.2. The highest BCUT2D eigenvalue weighted by atomic mass is 79.9. The van der Waals surface area contributed by atoms with Gasteiger partial charge in [0.1, 0.15) is 17.1 Å². The summed E-state index contributed by atoms with van der Waals surface area (Å²) >= 11 is 3.51. The Morgan fingerprint density at radius 1 is 1.27 bits per heavy atom. The molecule has 0 aliphatic carbocycles. The van der Waals surface area contributed by atoms with Crippen molar-refractivity contribution < 1.29 is 13.9 Å². The van der Waals surface area contributed by atoms with Crippen LogP contribution in [0.3, 0.4) is 0 Å². The average molecular weight is 364 g/mol. The highest BCUT2D eigenvalue weighted by molar-refractivity contribution is 9.10. The third-order valence-electron chi connectivity index (χ3n) is 3.94. The van der Waals surface area contributed by atoms with E-state index in [-0.39, 0.29) is 5.78 Å². The Balaban J connectivity index is 1.92. The molecular formula is C17H15BrFNO2. The average Bonchev–Trinajstić information content (AvgIpc) is 2.73. The van der Waals surface area contributed by atoms with Crippen molar-refractivity contribution in [2.45, 2.75) is 18.9 Å². The summed E-state index contributed by atoms with van der Waals surface area (Å²) in [5, 5.41) is 3.22. The summed E-state index contributed by atoms with van der Waals surface area (Å²) in [6.07, 6.45) is 0.493. The lowest BCUT2D eigenvalue weighted by Crippen LogP contribution is -2.40. The molecule has 1 unspecified atom stereocenters. The van der Waals surface area contributed by atoms with Crippen LogP contribution in [0, 0.1) is 5.82 Å². The van der Waals surface area contributed by atoms with Crippen molar-refractivity contribution in [3.8, 4) is 5.75 Å². The number of anilines is 1. The normalized spacial score (nSPS) is 19.7. The van der Waals surface area contributed by atoms with Crippen molar-refractivity contribution >= 4 is 27.4 Å². The molecule has 0 saturated carbocycles. The molecule has 0 fully saturated rings. The van der Waals surface area contributed by atoms with Crippen LogP contribution in [0.4, 0.5) is 10.1 Å². The molecule has 1 aliphatic heterocycles. The lowest BCUT2D eigenvalue weighted by molar-refractivity contribution is 0.0928. The van der Waals surface area contributed by atoms with Gasteiger partial charge in [-0.25, -0.2) is 4.39 Å². The van der Waals surface area contributed by atoms with Crippen LogP contribution in [0.2, 0.25) is 0 Å². The Bertz CT molecular complexity index is 762. The topological polar surface area (TPSA) is 38.3 Å². The van der Waals surface area contributed by atoms with Gasteiger partial charge in [-0.3, -0.25) is 4.79 Å². The number of ketones is 1. The molecule has 3 rings (SSSR count). The molecule has 0 saturated heterocycles. The molecule has 1 atom stereocenters. The Hall–Kier alpha value is -1.88. The number of carbonyl (C=O) groups is 1. The number of fused-ring (bicyclic) bond motifs is 1. The second-order valence-electron chi connectivity index (χ2n) is 5.61. The van der Waals surface area contributed by atoms with Gasteiger partial charge in [-0.15, -0.1) is 0 Å². The fourth-order valence-electron chi connectivity index (χ4n) is 2.77. The summed E-state index contributed by atoms with van der Waals surface area (Å²) in [7, 11) is 1.61. The van der Waals surface area contributed by atoms with E-state index in [4.69, 9.17) is 4.74 Å². The van der Waals surface area contributed by atoms with Crippen molar-refractivity contribution in [3.05, 3.63) is 57.8 Å². The van der Waals surface area contributed by atoms with Crippen molar-refractivity contribution in [1.29, 1.82) is 0 Å². The fourth-order valence-corrected chi connectivity index (χ4v) is 3.27. The Morgan fingerprint density at radius 2 is 2.05 bits per heavy atom. The third-order valence-corrected chi connectivity index (χ3v) is 4.68. The summed E-state index contributed by atoms with van der Waals surface area (Å²) in [6, 6.07) is 9.90. The second kappa shape index (κ2) is 5.39. The molecule has 1 heterocycles. The molecule has 0 spiro atoms. The standard InChI is InChI=1S/C17H15BrFNO2/c1-17(9-10-3-5-12(22-2)8-14(10)18)16(21)13-7-11(19)4-6-15(13)20-17/h3-8,20H,9H2,1-2H3. The number of ether oxygens (including phenoxy) is 1. The third kappa shape index (κ3) is 2.50. The van der Waals surface area contributed by atoms with Gasteiger partial charge in [-0.2, -0.15) is 0 Å². The van der Waals surface area contributed by atoms with Gasteiger partial charge in [-0.05, 0) is 42.8 Å². The number of hydrogen-bond donors (Lipinski definition) is 1. The van der Waals surface area contributed by atoms with Crippen LogP contribution in [-0.4, -0.2) is 18.4 Å². The minimum absolute atomic E-state index is 0.0929. The van der Waals surface area contributed by atoms with Gasteiger partial charge in [0.05, 0.1) is 7.11 Å². The van der Waals surface area contributed by atoms with Crippen LogP contribution in [0.25, 0.3) is 0 Å². The monoisotopic (exact) mass is 363 g/mol. The first-order valence-corrected chi connectivity index (χ1v) is 7.67. The minimum Gasteiger partial charge on any atom is -0.497 e. The van der Waals surface area contributed by atoms with E-state index in [1.165, 1.54) is 12.1 Å². The largest absolute Gasteiger partial charge is 0.497 e. The summed E-state index contributed by atoms with van der Waals surface area (Å²) in [5.74, 6) is 0.255. The predicted octanol–water partition coefficient (Wildman–Crippen LogP) is 4.21. The van der Waals surface area contributed by atoms with Crippen molar-refractivity contribution in [2.24, 2.45) is 0 Å². The maximum Gasteiger partial charge on any atom is 0.190 e. The molecule has 114 valence electrons. The number of nitrogens with one attached hydrogen (secondary N) is 1. The number of halogens is 2. The maximum atomic E-state index is 13.4. The number of Topliss-reactive ketones (excluding diaryl/α,β-unsaturated/α-hetero) is 1. The predicted molar refractivity (Wildman–Crippen MR) is 87.2 cm³/mol. The van der Waals surface area contributed by atoms with E-state index in [0.29, 0.717) is 17.7 Å². The van der Waals surface area contributed by atoms with Gasteiger partial charge in [0.25, 0.3) is 0 Å². The first-order chi connectivity index (χ1) is 10.4. The van der Waals surface area contributed by atoms with Gasteiger partial charge in [0.15, 0.2) is 5.78 Å². The Labute approximate surface area is 136 Å². The summed E-state index contributed by atoms with van der Waals surface area (Å²) in [5.41, 5.74) is 1.29. The number of methoxy groups -OCH3 is 1. The lowest BCUT2D eigenvalue weighted by atomic mass is 9.88. The van der Waals surface area contributed by atoms with Gasteiger partial charge in [0, 0.05) is 22.1 Å². The summed E-state index contributed by atoms with van der Waals surface area (Å²) < 4.78 is 19.4. The van der Waals surface area contributed by atoms with Crippen LogP contribution in [0.5, 0.6) is 5.75 Å². The van der Waals surface area contributed by atoms with Crippen LogP contribution < -0.4 is 10.1 Å². The summed E-state index contributed by atoms with van der Waals surface area (Å²) in [6.45, 7) is 1.84. The molecule has 2 aromatic carbocycles. The smallest absolute Gasteiger partial charge is 0.190 e. The first kappa shape index (κ1) is 15.0. The zero-order chi connectivity index (χ0) is 15.9. The lowest BCUT2D eigenvalue weighted by Gasteiger charge is -2.24. The molecule has 5 heteroatoms. The molecule has 0 amide bonds. The number of carbonyl (C=O) groups excluding carboxylic acids is 1. The molecule has 0 bridgehead atoms. The maximum absolute atomic E-state index is 13.4. The Kier molecular flexibility index (Phi) is 3.68. The van der Waals surface area contributed by atoms with E-state index in [0.717, 1.165) is 15.8 Å². The van der Waals surface area contributed by atoms with Gasteiger partial charge in [0.2, 0.25) is 0 Å². The summed E-state index contributed by atoms with van der Waals surface area (Å²) in [4.78, 5) is 12.6. The quantitative estimate of drug-likeness (QED) is 0.887. The van der Waals surface area contributed by atoms with Crippen LogP contribution in [0.1, 0.15) is 22.8 Å². The highest BCUT2D eigenvalue weighted by Crippen LogP contribution is 2.36. The van der Waals surface area contributed by atoms with E-state index < -0.39 is 11.4 Å². The van der Waals surface area contributed by atoms with Crippen LogP contribution in [-0.2, 0) is 6.42 Å². The van der Waals surface area contributed by atoms with Gasteiger partial charge < -0.3 is 10.1 Å². The molecule has 3 nitrogen and oxygen atoms in total. The molecule has 2 aromatic rings. The molecular weight excluding hydrogens is 349 g/mol. The van der Waals surface area contributed by atoms with Crippen molar-refractivity contribution in [1.82, 2.24) is 0 Å². The second-order valence-corrected chi connectivity index (χ2v) is 6.46. The van der Waals surface area contributed by atoms with Gasteiger partial charge >= 0.3 is 0 Å². The van der Waals surface area contributed by atoms with Crippen molar-refractivity contribution in [3.63, 3.8) is 0 Å². The molecule has 0 aromatic heterocycles. The van der Waals surface area contributed by atoms with E-state index >= 15 is 0 Å².